The van der Waals surface area contributed by atoms with E-state index < -0.39 is 0 Å². The van der Waals surface area contributed by atoms with Crippen LogP contribution >= 0.6 is 0 Å². The van der Waals surface area contributed by atoms with Gasteiger partial charge in [0.15, 0.2) is 11.5 Å². The van der Waals surface area contributed by atoms with Crippen LogP contribution in [0.5, 0.6) is 11.5 Å². The molecule has 0 N–H and O–H groups in total. The van der Waals surface area contributed by atoms with Crippen LogP contribution in [0.3, 0.4) is 0 Å². The summed E-state index contributed by atoms with van der Waals surface area (Å²) in [5, 5.41) is 0. The minimum Gasteiger partial charge on any atom is -0.493 e. The molecular formula is C23H27NO4. The van der Waals surface area contributed by atoms with Crippen LogP contribution in [0.25, 0.3) is 6.08 Å². The molecule has 4 rings (SSSR count). The Labute approximate surface area is 165 Å². The number of carbonyl (C=O) groups excluding carboxylic acids is 1. The molecule has 2 aromatic rings. The first-order valence-electron chi connectivity index (χ1n) is 9.88. The second-order valence-electron chi connectivity index (χ2n) is 7.77. The lowest BCUT2D eigenvalue weighted by molar-refractivity contribution is -0.127. The second-order valence-corrected chi connectivity index (χ2v) is 7.77. The molecule has 148 valence electrons. The summed E-state index contributed by atoms with van der Waals surface area (Å²) in [4.78, 5) is 14.7. The van der Waals surface area contributed by atoms with Crippen LogP contribution in [0, 0.1) is 5.92 Å². The third-order valence-electron chi connectivity index (χ3n) is 5.58. The molecule has 1 aromatic heterocycles. The van der Waals surface area contributed by atoms with Crippen molar-refractivity contribution >= 4 is 12.0 Å². The Kier molecular flexibility index (Phi) is 5.16. The first-order chi connectivity index (χ1) is 13.6. The highest BCUT2D eigenvalue weighted by atomic mass is 16.5. The molecule has 1 heterocycles. The van der Waals surface area contributed by atoms with Crippen molar-refractivity contribution in [3.05, 3.63) is 53.5 Å². The van der Waals surface area contributed by atoms with Crippen LogP contribution in [0.4, 0.5) is 0 Å². The van der Waals surface area contributed by atoms with Gasteiger partial charge in [0.1, 0.15) is 11.5 Å². The molecule has 2 atom stereocenters. The number of ether oxygens (including phenoxy) is 2. The molecule has 1 amide bonds. The predicted octanol–water partition coefficient (Wildman–Crippen LogP) is 4.62. The molecule has 1 aromatic carbocycles. The van der Waals surface area contributed by atoms with Crippen LogP contribution in [0.2, 0.25) is 0 Å². The van der Waals surface area contributed by atoms with E-state index in [-0.39, 0.29) is 5.91 Å². The van der Waals surface area contributed by atoms with Gasteiger partial charge in [-0.1, -0.05) is 13.0 Å². The fourth-order valence-electron chi connectivity index (χ4n) is 3.56. The van der Waals surface area contributed by atoms with Gasteiger partial charge in [-0.3, -0.25) is 4.79 Å². The minimum atomic E-state index is 0.00928. The van der Waals surface area contributed by atoms with E-state index in [0.717, 1.165) is 29.9 Å². The van der Waals surface area contributed by atoms with E-state index in [9.17, 15) is 4.79 Å². The van der Waals surface area contributed by atoms with Crippen LogP contribution in [0.15, 0.2) is 40.8 Å². The molecule has 2 fully saturated rings. The van der Waals surface area contributed by atoms with E-state index in [2.05, 4.69) is 13.0 Å². The number of amides is 1. The number of carbonyl (C=O) groups is 1. The summed E-state index contributed by atoms with van der Waals surface area (Å²) in [6, 6.07) is 10.0. The Hall–Kier alpha value is -2.69. The molecule has 5 nitrogen and oxygen atoms in total. The molecule has 0 bridgehead atoms. The number of methoxy groups -OCH3 is 2. The van der Waals surface area contributed by atoms with Crippen molar-refractivity contribution in [2.24, 2.45) is 5.92 Å². The van der Waals surface area contributed by atoms with E-state index in [1.807, 2.05) is 35.2 Å². The molecule has 5 heteroatoms. The first kappa shape index (κ1) is 18.7. The van der Waals surface area contributed by atoms with Gasteiger partial charge in [-0.05, 0) is 61.1 Å². The second kappa shape index (κ2) is 7.74. The van der Waals surface area contributed by atoms with Gasteiger partial charge < -0.3 is 18.8 Å². The molecule has 0 spiro atoms. The van der Waals surface area contributed by atoms with E-state index in [4.69, 9.17) is 13.9 Å². The Morgan fingerprint density at radius 2 is 1.93 bits per heavy atom. The fraction of sp³-hybridized carbons (Fsp3) is 0.435. The Bertz CT molecular complexity index is 880. The smallest absolute Gasteiger partial charge is 0.247 e. The maximum atomic E-state index is 12.8. The lowest BCUT2D eigenvalue weighted by Gasteiger charge is -2.19. The van der Waals surface area contributed by atoms with Gasteiger partial charge in [0.05, 0.1) is 20.8 Å². The standard InChI is InChI=1S/C23H27NO4/c1-15-12-19(15)20-10-8-18(28-20)14-24(17-6-7-17)23(25)11-5-16-4-9-21(26-2)22(13-16)27-3/h4-5,8-11,13,15,17,19H,6-7,12,14H2,1-3H3/b11-5+. The number of nitrogens with zero attached hydrogens (tertiary/aromatic N) is 1. The number of benzene rings is 1. The molecule has 2 aliphatic rings. The molecule has 0 saturated heterocycles. The summed E-state index contributed by atoms with van der Waals surface area (Å²) < 4.78 is 16.6. The summed E-state index contributed by atoms with van der Waals surface area (Å²) in [6.45, 7) is 2.77. The Balaban J connectivity index is 1.44. The zero-order valence-electron chi connectivity index (χ0n) is 16.7. The SMILES string of the molecule is COc1ccc(/C=C/C(=O)N(Cc2ccc(C3CC3C)o2)C2CC2)cc1OC. The highest BCUT2D eigenvalue weighted by Crippen LogP contribution is 2.47. The minimum absolute atomic E-state index is 0.00928. The van der Waals surface area contributed by atoms with Gasteiger partial charge >= 0.3 is 0 Å². The first-order valence-corrected chi connectivity index (χ1v) is 9.88. The molecule has 2 aliphatic carbocycles. The molecule has 0 aliphatic heterocycles. The number of furan rings is 1. The average molecular weight is 381 g/mol. The Morgan fingerprint density at radius 1 is 1.18 bits per heavy atom. The van der Waals surface area contributed by atoms with Crippen LogP contribution in [0.1, 0.15) is 49.2 Å². The topological polar surface area (TPSA) is 51.9 Å². The maximum Gasteiger partial charge on any atom is 0.247 e. The van der Waals surface area contributed by atoms with Gasteiger partial charge in [-0.2, -0.15) is 0 Å². The normalized spacial score (nSPS) is 21.0. The Morgan fingerprint density at radius 3 is 2.57 bits per heavy atom. The van der Waals surface area contributed by atoms with Crippen LogP contribution < -0.4 is 9.47 Å². The van der Waals surface area contributed by atoms with Crippen molar-refractivity contribution in [3.63, 3.8) is 0 Å². The van der Waals surface area contributed by atoms with Gasteiger partial charge in [-0.15, -0.1) is 0 Å². The van der Waals surface area contributed by atoms with E-state index in [1.54, 1.807) is 20.3 Å². The van der Waals surface area contributed by atoms with Gasteiger partial charge in [0.2, 0.25) is 5.91 Å². The van der Waals surface area contributed by atoms with Gasteiger partial charge in [-0.25, -0.2) is 0 Å². The lowest BCUT2D eigenvalue weighted by Crippen LogP contribution is -2.30. The van der Waals surface area contributed by atoms with Gasteiger partial charge in [0, 0.05) is 18.0 Å². The maximum absolute atomic E-state index is 12.8. The third kappa shape index (κ3) is 4.08. The number of rotatable bonds is 8. The molecule has 2 unspecified atom stereocenters. The van der Waals surface area contributed by atoms with Crippen molar-refractivity contribution < 1.29 is 18.7 Å². The van der Waals surface area contributed by atoms with Crippen molar-refractivity contribution in [1.82, 2.24) is 4.90 Å². The fourth-order valence-corrected chi connectivity index (χ4v) is 3.56. The third-order valence-corrected chi connectivity index (χ3v) is 5.58. The quantitative estimate of drug-likeness (QED) is 0.626. The van der Waals surface area contributed by atoms with Gasteiger partial charge in [0.25, 0.3) is 0 Å². The monoisotopic (exact) mass is 381 g/mol. The zero-order chi connectivity index (χ0) is 19.7. The molecule has 28 heavy (non-hydrogen) atoms. The molecule has 0 radical (unpaired) electrons. The lowest BCUT2D eigenvalue weighted by atomic mass is 10.2. The largest absolute Gasteiger partial charge is 0.493 e. The van der Waals surface area contributed by atoms with E-state index in [1.165, 1.54) is 6.42 Å². The summed E-state index contributed by atoms with van der Waals surface area (Å²) >= 11 is 0. The molecular weight excluding hydrogens is 354 g/mol. The van der Waals surface area contributed by atoms with E-state index in [0.29, 0.717) is 35.9 Å². The van der Waals surface area contributed by atoms with Crippen LogP contribution in [-0.4, -0.2) is 31.1 Å². The number of hydrogen-bond donors (Lipinski definition) is 0. The highest BCUT2D eigenvalue weighted by molar-refractivity contribution is 5.92. The summed E-state index contributed by atoms with van der Waals surface area (Å²) in [5.41, 5.74) is 0.893. The van der Waals surface area contributed by atoms with Crippen molar-refractivity contribution in [2.75, 3.05) is 14.2 Å². The number of hydrogen-bond acceptors (Lipinski definition) is 4. The average Bonchev–Trinajstić information content (AvgIpc) is 3.63. The van der Waals surface area contributed by atoms with Crippen LogP contribution in [-0.2, 0) is 11.3 Å². The van der Waals surface area contributed by atoms with Crippen molar-refractivity contribution in [2.45, 2.75) is 44.7 Å². The summed E-state index contributed by atoms with van der Waals surface area (Å²) in [5.74, 6) is 4.53. The predicted molar refractivity (Wildman–Crippen MR) is 107 cm³/mol. The summed E-state index contributed by atoms with van der Waals surface area (Å²) in [7, 11) is 3.21. The van der Waals surface area contributed by atoms with E-state index >= 15 is 0 Å². The molecule has 2 saturated carbocycles. The van der Waals surface area contributed by atoms with Crippen molar-refractivity contribution in [1.29, 1.82) is 0 Å². The zero-order valence-corrected chi connectivity index (χ0v) is 16.7. The summed E-state index contributed by atoms with van der Waals surface area (Å²) in [6.07, 6.45) is 6.77. The van der Waals surface area contributed by atoms with Crippen molar-refractivity contribution in [3.8, 4) is 11.5 Å². The highest BCUT2D eigenvalue weighted by Gasteiger charge is 2.37.